The number of thiazole rings is 1. The number of ether oxygens (including phenoxy) is 1. The molecule has 8 nitrogen and oxygen atoms in total. The monoisotopic (exact) mass is 455 g/mol. The molecule has 168 valence electrons. The first-order valence-corrected chi connectivity index (χ1v) is 11.6. The minimum atomic E-state index is -0.975. The minimum Gasteiger partial charge on any atom is -0.458 e. The molecular formula is C23H25N3O5S. The van der Waals surface area contributed by atoms with Crippen molar-refractivity contribution in [1.82, 2.24) is 9.88 Å². The van der Waals surface area contributed by atoms with Crippen LogP contribution in [-0.2, 0) is 30.5 Å². The Morgan fingerprint density at radius 1 is 1.16 bits per heavy atom. The van der Waals surface area contributed by atoms with Gasteiger partial charge in [0.25, 0.3) is 0 Å². The molecule has 0 radical (unpaired) electrons. The second-order valence-electron chi connectivity index (χ2n) is 8.14. The lowest BCUT2D eigenvalue weighted by Gasteiger charge is -2.21. The Bertz CT molecular complexity index is 1010. The van der Waals surface area contributed by atoms with Gasteiger partial charge in [0.2, 0.25) is 17.7 Å². The van der Waals surface area contributed by atoms with Gasteiger partial charge in [-0.3, -0.25) is 24.2 Å². The van der Waals surface area contributed by atoms with Crippen LogP contribution in [0.15, 0.2) is 35.7 Å². The van der Waals surface area contributed by atoms with Gasteiger partial charge >= 0.3 is 5.97 Å². The van der Waals surface area contributed by atoms with E-state index >= 15 is 0 Å². The second-order valence-corrected chi connectivity index (χ2v) is 8.98. The first-order chi connectivity index (χ1) is 15.4. The van der Waals surface area contributed by atoms with Gasteiger partial charge in [0.1, 0.15) is 12.6 Å². The lowest BCUT2D eigenvalue weighted by Crippen LogP contribution is -2.44. The highest BCUT2D eigenvalue weighted by atomic mass is 32.1. The number of carbonyl (C=O) groups excluding carboxylic acids is 4. The summed E-state index contributed by atoms with van der Waals surface area (Å²) in [6, 6.07) is 8.18. The Balaban J connectivity index is 1.40. The standard InChI is InChI=1S/C23H25N3O5S/c1-14(25-20(28)18-10-6-7-11-19(18)21(25)29)22(30)31-12-16-13-32-23(24-16)26(15(2)27)17-8-4-3-5-9-17/h3-5,8-9,13-14,18-19H,6-7,10-12H2,1-2H3/t14-,18-,19+/m0/s1. The number of hydrogen-bond acceptors (Lipinski definition) is 7. The average molecular weight is 456 g/mol. The third-order valence-corrected chi connectivity index (χ3v) is 6.90. The molecule has 3 amide bonds. The molecule has 1 aromatic carbocycles. The van der Waals surface area contributed by atoms with E-state index in [-0.39, 0.29) is 36.2 Å². The van der Waals surface area contributed by atoms with E-state index in [1.165, 1.54) is 30.1 Å². The molecule has 1 saturated carbocycles. The molecule has 1 aliphatic carbocycles. The number of hydrogen-bond donors (Lipinski definition) is 0. The zero-order chi connectivity index (χ0) is 22.8. The highest BCUT2D eigenvalue weighted by Gasteiger charge is 2.51. The molecule has 0 unspecified atom stereocenters. The Kier molecular flexibility index (Phi) is 6.36. The summed E-state index contributed by atoms with van der Waals surface area (Å²) in [5.41, 5.74) is 1.18. The SMILES string of the molecule is CC(=O)N(c1ccccc1)c1nc(COC(=O)[C@H](C)N2C(=O)[C@H]3CCCC[C@H]3C2=O)cs1. The van der Waals surface area contributed by atoms with Gasteiger partial charge in [-0.15, -0.1) is 11.3 Å². The minimum absolute atomic E-state index is 0.108. The molecule has 0 bridgehead atoms. The molecular weight excluding hydrogens is 430 g/mol. The number of esters is 1. The van der Waals surface area contributed by atoms with Gasteiger partial charge in [-0.05, 0) is 31.9 Å². The van der Waals surface area contributed by atoms with Crippen LogP contribution in [0.4, 0.5) is 10.8 Å². The summed E-state index contributed by atoms with van der Waals surface area (Å²) < 4.78 is 5.37. The van der Waals surface area contributed by atoms with Gasteiger partial charge in [-0.2, -0.15) is 0 Å². The number of amides is 3. The fourth-order valence-electron chi connectivity index (χ4n) is 4.41. The summed E-state index contributed by atoms with van der Waals surface area (Å²) in [5, 5.41) is 2.18. The van der Waals surface area contributed by atoms with Crippen LogP contribution in [0.2, 0.25) is 0 Å². The van der Waals surface area contributed by atoms with Crippen molar-refractivity contribution in [3.8, 4) is 0 Å². The van der Waals surface area contributed by atoms with Crippen LogP contribution >= 0.6 is 11.3 Å². The normalized spacial score (nSPS) is 21.2. The summed E-state index contributed by atoms with van der Waals surface area (Å²) in [7, 11) is 0. The topological polar surface area (TPSA) is 96.9 Å². The van der Waals surface area contributed by atoms with Crippen molar-refractivity contribution in [3.05, 3.63) is 41.4 Å². The highest BCUT2D eigenvalue weighted by molar-refractivity contribution is 7.14. The zero-order valence-corrected chi connectivity index (χ0v) is 18.8. The Hall–Kier alpha value is -3.07. The maximum atomic E-state index is 12.7. The van der Waals surface area contributed by atoms with E-state index in [1.807, 2.05) is 30.3 Å². The maximum Gasteiger partial charge on any atom is 0.329 e. The number of para-hydroxylation sites is 1. The van der Waals surface area contributed by atoms with Gasteiger partial charge in [0.15, 0.2) is 5.13 Å². The fraction of sp³-hybridized carbons (Fsp3) is 0.435. The van der Waals surface area contributed by atoms with Crippen molar-refractivity contribution in [2.24, 2.45) is 11.8 Å². The maximum absolute atomic E-state index is 12.7. The van der Waals surface area contributed by atoms with Gasteiger partial charge in [0, 0.05) is 12.3 Å². The van der Waals surface area contributed by atoms with Crippen LogP contribution in [-0.4, -0.2) is 39.6 Å². The summed E-state index contributed by atoms with van der Waals surface area (Å²) >= 11 is 1.26. The van der Waals surface area contributed by atoms with E-state index in [2.05, 4.69) is 4.98 Å². The molecule has 0 spiro atoms. The Morgan fingerprint density at radius 2 is 1.78 bits per heavy atom. The summed E-state index contributed by atoms with van der Waals surface area (Å²) in [6.07, 6.45) is 3.25. The van der Waals surface area contributed by atoms with E-state index in [9.17, 15) is 19.2 Å². The number of likely N-dealkylation sites (tertiary alicyclic amines) is 1. The summed E-state index contributed by atoms with van der Waals surface area (Å²) in [4.78, 5) is 57.2. The number of imide groups is 1. The number of anilines is 2. The van der Waals surface area contributed by atoms with Crippen molar-refractivity contribution < 1.29 is 23.9 Å². The quantitative estimate of drug-likeness (QED) is 0.489. The second kappa shape index (κ2) is 9.20. The lowest BCUT2D eigenvalue weighted by molar-refractivity contribution is -0.159. The molecule has 3 atom stereocenters. The van der Waals surface area contributed by atoms with Crippen molar-refractivity contribution in [1.29, 1.82) is 0 Å². The van der Waals surface area contributed by atoms with Gasteiger partial charge < -0.3 is 4.74 Å². The van der Waals surface area contributed by atoms with E-state index in [0.717, 1.165) is 17.7 Å². The van der Waals surface area contributed by atoms with Gasteiger partial charge in [-0.25, -0.2) is 9.78 Å². The third-order valence-electron chi connectivity index (χ3n) is 6.03. The predicted octanol–water partition coefficient (Wildman–Crippen LogP) is 3.43. The molecule has 2 fully saturated rings. The number of nitrogens with zero attached hydrogens (tertiary/aromatic N) is 3. The predicted molar refractivity (Wildman–Crippen MR) is 118 cm³/mol. The number of benzene rings is 1. The largest absolute Gasteiger partial charge is 0.458 e. The first-order valence-electron chi connectivity index (χ1n) is 10.7. The average Bonchev–Trinajstić information content (AvgIpc) is 3.35. The van der Waals surface area contributed by atoms with Crippen LogP contribution in [0, 0.1) is 11.8 Å². The molecule has 9 heteroatoms. The van der Waals surface area contributed by atoms with Crippen molar-refractivity contribution in [2.45, 2.75) is 52.2 Å². The van der Waals surface area contributed by atoms with Gasteiger partial charge in [0.05, 0.1) is 23.2 Å². The van der Waals surface area contributed by atoms with Gasteiger partial charge in [-0.1, -0.05) is 31.0 Å². The number of rotatable bonds is 6. The van der Waals surface area contributed by atoms with Crippen molar-refractivity contribution >= 4 is 45.8 Å². The molecule has 2 aromatic rings. The van der Waals surface area contributed by atoms with Crippen LogP contribution in [0.5, 0.6) is 0 Å². The van der Waals surface area contributed by atoms with Crippen LogP contribution in [0.3, 0.4) is 0 Å². The lowest BCUT2D eigenvalue weighted by atomic mass is 9.81. The van der Waals surface area contributed by atoms with E-state index in [1.54, 1.807) is 5.38 Å². The van der Waals surface area contributed by atoms with Crippen LogP contribution in [0.1, 0.15) is 45.2 Å². The molecule has 1 aliphatic heterocycles. The summed E-state index contributed by atoms with van der Waals surface area (Å²) in [6.45, 7) is 2.87. The van der Waals surface area contributed by atoms with Crippen LogP contribution in [0.25, 0.3) is 0 Å². The van der Waals surface area contributed by atoms with E-state index in [4.69, 9.17) is 4.74 Å². The smallest absolute Gasteiger partial charge is 0.329 e. The van der Waals surface area contributed by atoms with Crippen LogP contribution < -0.4 is 4.90 Å². The zero-order valence-electron chi connectivity index (χ0n) is 18.0. The number of fused-ring (bicyclic) bond motifs is 1. The molecule has 4 rings (SSSR count). The molecule has 1 aromatic heterocycles. The Labute approximate surface area is 190 Å². The molecule has 2 aliphatic rings. The number of carbonyl (C=O) groups is 4. The van der Waals surface area contributed by atoms with E-state index < -0.39 is 12.0 Å². The highest BCUT2D eigenvalue weighted by Crippen LogP contribution is 2.39. The van der Waals surface area contributed by atoms with Crippen molar-refractivity contribution in [2.75, 3.05) is 4.90 Å². The third kappa shape index (κ3) is 4.17. The molecule has 1 saturated heterocycles. The molecule has 32 heavy (non-hydrogen) atoms. The number of aromatic nitrogens is 1. The summed E-state index contributed by atoms with van der Waals surface area (Å²) in [5.74, 6) is -1.96. The van der Waals surface area contributed by atoms with Crippen molar-refractivity contribution in [3.63, 3.8) is 0 Å². The Morgan fingerprint density at radius 3 is 2.38 bits per heavy atom. The van der Waals surface area contributed by atoms with E-state index in [0.29, 0.717) is 29.4 Å². The molecule has 0 N–H and O–H groups in total. The first kappa shape index (κ1) is 22.1. The fourth-order valence-corrected chi connectivity index (χ4v) is 5.28. The molecule has 2 heterocycles.